The maximum absolute atomic E-state index is 12.2. The largest absolute Gasteiger partial charge is 0.435 e. The van der Waals surface area contributed by atoms with Crippen LogP contribution in [-0.2, 0) is 4.79 Å². The van der Waals surface area contributed by atoms with Gasteiger partial charge in [-0.2, -0.15) is 8.78 Å². The van der Waals surface area contributed by atoms with E-state index in [4.69, 9.17) is 0 Å². The van der Waals surface area contributed by atoms with Gasteiger partial charge in [-0.15, -0.1) is 0 Å². The van der Waals surface area contributed by atoms with Crippen molar-refractivity contribution in [1.82, 2.24) is 0 Å². The van der Waals surface area contributed by atoms with Gasteiger partial charge in [0.2, 0.25) is 5.91 Å². The van der Waals surface area contributed by atoms with Crippen LogP contribution in [0.15, 0.2) is 66.7 Å². The lowest BCUT2D eigenvalue weighted by atomic mass is 10.0. The molecular formula is C21H17F2NO2. The van der Waals surface area contributed by atoms with Crippen LogP contribution in [0.25, 0.3) is 16.8 Å². The maximum atomic E-state index is 12.2. The molecule has 5 heteroatoms. The summed E-state index contributed by atoms with van der Waals surface area (Å²) in [5.41, 5.74) is 2.12. The Bertz CT molecular complexity index is 962. The first-order valence-corrected chi connectivity index (χ1v) is 8.05. The van der Waals surface area contributed by atoms with Crippen molar-refractivity contribution in [2.45, 2.75) is 13.5 Å². The molecule has 132 valence electrons. The normalized spacial score (nSPS) is 11.2. The van der Waals surface area contributed by atoms with E-state index in [-0.39, 0.29) is 11.7 Å². The third-order valence-electron chi connectivity index (χ3n) is 3.92. The zero-order chi connectivity index (χ0) is 18.5. The number of rotatable bonds is 5. The summed E-state index contributed by atoms with van der Waals surface area (Å²) in [6.07, 6.45) is 3.20. The molecule has 26 heavy (non-hydrogen) atoms. The van der Waals surface area contributed by atoms with Gasteiger partial charge in [-0.3, -0.25) is 4.79 Å². The minimum Gasteiger partial charge on any atom is -0.435 e. The van der Waals surface area contributed by atoms with Crippen molar-refractivity contribution in [3.8, 4) is 5.75 Å². The second-order valence-corrected chi connectivity index (χ2v) is 5.75. The number of carbonyl (C=O) groups excluding carboxylic acids is 1. The predicted octanol–water partition coefficient (Wildman–Crippen LogP) is 5.40. The highest BCUT2D eigenvalue weighted by molar-refractivity contribution is 6.04. The van der Waals surface area contributed by atoms with Gasteiger partial charge in [-0.05, 0) is 53.1 Å². The standard InChI is InChI=1S/C21H17F2NO2/c1-14-13-17(26-21(22)23)10-11-19(14)24-20(25)12-9-16-7-4-6-15-5-2-3-8-18(15)16/h2-13,21H,1H3,(H,24,25). The number of amides is 1. The van der Waals surface area contributed by atoms with Crippen molar-refractivity contribution in [1.29, 1.82) is 0 Å². The first-order chi connectivity index (χ1) is 12.5. The lowest BCUT2D eigenvalue weighted by Gasteiger charge is -2.10. The van der Waals surface area contributed by atoms with E-state index >= 15 is 0 Å². The van der Waals surface area contributed by atoms with Gasteiger partial charge in [0.05, 0.1) is 0 Å². The highest BCUT2D eigenvalue weighted by Crippen LogP contribution is 2.23. The van der Waals surface area contributed by atoms with Gasteiger partial charge in [-0.1, -0.05) is 42.5 Å². The number of benzene rings is 3. The van der Waals surface area contributed by atoms with Crippen LogP contribution >= 0.6 is 0 Å². The summed E-state index contributed by atoms with van der Waals surface area (Å²) in [6.45, 7) is -1.17. The number of nitrogens with one attached hydrogen (secondary N) is 1. The van der Waals surface area contributed by atoms with Crippen molar-refractivity contribution < 1.29 is 18.3 Å². The summed E-state index contributed by atoms with van der Waals surface area (Å²) in [5.74, 6) is -0.245. The van der Waals surface area contributed by atoms with Gasteiger partial charge < -0.3 is 10.1 Å². The molecule has 3 aromatic rings. The van der Waals surface area contributed by atoms with Crippen molar-refractivity contribution >= 4 is 28.4 Å². The fourth-order valence-electron chi connectivity index (χ4n) is 2.69. The second kappa shape index (κ2) is 7.78. The number of hydrogen-bond acceptors (Lipinski definition) is 2. The number of aryl methyl sites for hydroxylation is 1. The Kier molecular flexibility index (Phi) is 5.27. The van der Waals surface area contributed by atoms with Gasteiger partial charge in [0.1, 0.15) is 5.75 Å². The summed E-state index contributed by atoms with van der Waals surface area (Å²) < 4.78 is 28.8. The highest BCUT2D eigenvalue weighted by Gasteiger charge is 2.07. The molecule has 0 fully saturated rings. The smallest absolute Gasteiger partial charge is 0.387 e. The van der Waals surface area contributed by atoms with Crippen LogP contribution in [0.3, 0.4) is 0 Å². The van der Waals surface area contributed by atoms with Crippen LogP contribution in [0, 0.1) is 6.92 Å². The molecule has 0 radical (unpaired) electrons. The molecule has 0 aliphatic heterocycles. The van der Waals surface area contributed by atoms with Crippen LogP contribution in [0.2, 0.25) is 0 Å². The fourth-order valence-corrected chi connectivity index (χ4v) is 2.69. The van der Waals surface area contributed by atoms with Gasteiger partial charge in [0, 0.05) is 11.8 Å². The number of halogens is 2. The van der Waals surface area contributed by atoms with E-state index in [1.54, 1.807) is 13.0 Å². The van der Waals surface area contributed by atoms with Crippen LogP contribution in [0.5, 0.6) is 5.75 Å². The number of anilines is 1. The van der Waals surface area contributed by atoms with Crippen LogP contribution < -0.4 is 10.1 Å². The lowest BCUT2D eigenvalue weighted by molar-refractivity contribution is -0.111. The number of carbonyl (C=O) groups is 1. The molecule has 0 bridgehead atoms. The average Bonchev–Trinajstić information content (AvgIpc) is 2.62. The van der Waals surface area contributed by atoms with E-state index in [0.717, 1.165) is 16.3 Å². The third-order valence-corrected chi connectivity index (χ3v) is 3.92. The Balaban J connectivity index is 1.73. The van der Waals surface area contributed by atoms with Crippen molar-refractivity contribution in [3.63, 3.8) is 0 Å². The van der Waals surface area contributed by atoms with E-state index in [1.807, 2.05) is 42.5 Å². The molecule has 3 nitrogen and oxygen atoms in total. The second-order valence-electron chi connectivity index (χ2n) is 5.75. The molecule has 1 amide bonds. The molecule has 0 aromatic heterocycles. The maximum Gasteiger partial charge on any atom is 0.387 e. The Morgan fingerprint density at radius 1 is 1.08 bits per heavy atom. The topological polar surface area (TPSA) is 38.3 Å². The molecule has 0 heterocycles. The summed E-state index contributed by atoms with van der Waals surface area (Å²) in [5, 5.41) is 4.90. The molecule has 3 rings (SSSR count). The summed E-state index contributed by atoms with van der Waals surface area (Å²) in [6, 6.07) is 18.2. The first kappa shape index (κ1) is 17.6. The van der Waals surface area contributed by atoms with Crippen molar-refractivity contribution in [2.75, 3.05) is 5.32 Å². The van der Waals surface area contributed by atoms with Gasteiger partial charge in [0.15, 0.2) is 0 Å². The molecule has 0 aliphatic carbocycles. The molecule has 1 N–H and O–H groups in total. The first-order valence-electron chi connectivity index (χ1n) is 8.05. The number of alkyl halides is 2. The van der Waals surface area contributed by atoms with E-state index in [1.165, 1.54) is 24.3 Å². The predicted molar refractivity (Wildman–Crippen MR) is 99.4 cm³/mol. The molecule has 3 aromatic carbocycles. The Morgan fingerprint density at radius 3 is 2.62 bits per heavy atom. The molecule has 0 saturated heterocycles. The SMILES string of the molecule is Cc1cc(OC(F)F)ccc1NC(=O)C=Cc1cccc2ccccc12. The third kappa shape index (κ3) is 4.25. The van der Waals surface area contributed by atoms with Gasteiger partial charge in [0.25, 0.3) is 0 Å². The van der Waals surface area contributed by atoms with E-state index in [0.29, 0.717) is 11.3 Å². The summed E-state index contributed by atoms with van der Waals surface area (Å²) in [7, 11) is 0. The van der Waals surface area contributed by atoms with Gasteiger partial charge >= 0.3 is 6.61 Å². The Hall–Kier alpha value is -3.21. The van der Waals surface area contributed by atoms with Crippen LogP contribution in [0.1, 0.15) is 11.1 Å². The number of fused-ring (bicyclic) bond motifs is 1. The minimum atomic E-state index is -2.88. The quantitative estimate of drug-likeness (QED) is 0.624. The molecular weight excluding hydrogens is 336 g/mol. The molecule has 0 aliphatic rings. The van der Waals surface area contributed by atoms with Crippen LogP contribution in [-0.4, -0.2) is 12.5 Å². The number of ether oxygens (including phenoxy) is 1. The van der Waals surface area contributed by atoms with Gasteiger partial charge in [-0.25, -0.2) is 0 Å². The van der Waals surface area contributed by atoms with Crippen molar-refractivity contribution in [3.05, 3.63) is 77.9 Å². The highest BCUT2D eigenvalue weighted by atomic mass is 19.3. The molecule has 0 saturated carbocycles. The lowest BCUT2D eigenvalue weighted by Crippen LogP contribution is -2.09. The average molecular weight is 353 g/mol. The van der Waals surface area contributed by atoms with E-state index in [2.05, 4.69) is 10.1 Å². The van der Waals surface area contributed by atoms with E-state index < -0.39 is 6.61 Å². The van der Waals surface area contributed by atoms with Crippen LogP contribution in [0.4, 0.5) is 14.5 Å². The molecule has 0 atom stereocenters. The number of hydrogen-bond donors (Lipinski definition) is 1. The van der Waals surface area contributed by atoms with E-state index in [9.17, 15) is 13.6 Å². The summed E-state index contributed by atoms with van der Waals surface area (Å²) >= 11 is 0. The zero-order valence-electron chi connectivity index (χ0n) is 14.1. The molecule has 0 unspecified atom stereocenters. The molecule has 0 spiro atoms. The fraction of sp³-hybridized carbons (Fsp3) is 0.0952. The van der Waals surface area contributed by atoms with Crippen molar-refractivity contribution in [2.24, 2.45) is 0 Å². The zero-order valence-corrected chi connectivity index (χ0v) is 14.1. The summed E-state index contributed by atoms with van der Waals surface area (Å²) in [4.78, 5) is 12.2. The Morgan fingerprint density at radius 2 is 1.85 bits per heavy atom. The minimum absolute atomic E-state index is 0.0572. The monoisotopic (exact) mass is 353 g/mol. The Labute approximate surface area is 149 Å².